The lowest BCUT2D eigenvalue weighted by Gasteiger charge is -2.15. The fraction of sp³-hybridized carbons (Fsp3) is 0.600. The zero-order valence-corrected chi connectivity index (χ0v) is 8.03. The maximum Gasteiger partial charge on any atom is 0.0631 e. The Hall–Kier alpha value is -0.960. The highest BCUT2D eigenvalue weighted by atomic mass is 15.1. The molecule has 1 aliphatic rings. The second kappa shape index (κ2) is 3.83. The number of hydrogen-bond acceptors (Lipinski definition) is 3. The third-order valence-corrected chi connectivity index (χ3v) is 2.64. The van der Waals surface area contributed by atoms with Gasteiger partial charge in [0.25, 0.3) is 0 Å². The van der Waals surface area contributed by atoms with E-state index in [0.717, 1.165) is 32.5 Å². The summed E-state index contributed by atoms with van der Waals surface area (Å²) < 4.78 is 0. The van der Waals surface area contributed by atoms with Crippen molar-refractivity contribution in [3.05, 3.63) is 23.8 Å². The highest BCUT2D eigenvalue weighted by molar-refractivity contribution is 5.13. The summed E-state index contributed by atoms with van der Waals surface area (Å²) in [5.41, 5.74) is 2.39. The number of aromatic nitrogens is 2. The Bertz CT molecular complexity index is 258. The van der Waals surface area contributed by atoms with Crippen LogP contribution in [0.1, 0.15) is 18.3 Å². The molecule has 0 bridgehead atoms. The molecule has 0 amide bonds. The summed E-state index contributed by atoms with van der Waals surface area (Å²) in [5.74, 6) is 0. The minimum absolute atomic E-state index is 1.05. The molecule has 0 saturated carbocycles. The lowest BCUT2D eigenvalue weighted by atomic mass is 10.2. The Labute approximate surface area is 78.8 Å². The SMILES string of the molecule is CCN1CCc2nccnc2CC1. The second-order valence-electron chi connectivity index (χ2n) is 3.38. The van der Waals surface area contributed by atoms with Crippen LogP contribution in [0.2, 0.25) is 0 Å². The molecule has 1 aromatic rings. The molecule has 0 saturated heterocycles. The van der Waals surface area contributed by atoms with E-state index in [0.29, 0.717) is 0 Å². The van der Waals surface area contributed by atoms with E-state index >= 15 is 0 Å². The first-order valence-electron chi connectivity index (χ1n) is 4.91. The zero-order valence-electron chi connectivity index (χ0n) is 8.03. The molecule has 1 aromatic heterocycles. The van der Waals surface area contributed by atoms with Gasteiger partial charge in [-0.1, -0.05) is 6.92 Å². The minimum atomic E-state index is 1.05. The van der Waals surface area contributed by atoms with E-state index < -0.39 is 0 Å². The molecule has 2 heterocycles. The van der Waals surface area contributed by atoms with E-state index in [1.807, 2.05) is 0 Å². The van der Waals surface area contributed by atoms with Crippen LogP contribution in [0.3, 0.4) is 0 Å². The van der Waals surface area contributed by atoms with Gasteiger partial charge in [-0.05, 0) is 6.54 Å². The van der Waals surface area contributed by atoms with Crippen molar-refractivity contribution >= 4 is 0 Å². The van der Waals surface area contributed by atoms with Gasteiger partial charge in [-0.15, -0.1) is 0 Å². The maximum atomic E-state index is 4.36. The zero-order chi connectivity index (χ0) is 9.10. The standard InChI is InChI=1S/C10H15N3/c1-2-13-7-3-9-10(4-8-13)12-6-5-11-9/h5-6H,2-4,7-8H2,1H3. The van der Waals surface area contributed by atoms with Gasteiger partial charge in [0.2, 0.25) is 0 Å². The van der Waals surface area contributed by atoms with Crippen LogP contribution in [0.25, 0.3) is 0 Å². The molecule has 3 heteroatoms. The Morgan fingerprint density at radius 3 is 2.15 bits per heavy atom. The molecular weight excluding hydrogens is 162 g/mol. The minimum Gasteiger partial charge on any atom is -0.303 e. The first-order chi connectivity index (χ1) is 6.40. The number of fused-ring (bicyclic) bond motifs is 1. The van der Waals surface area contributed by atoms with E-state index in [1.54, 1.807) is 12.4 Å². The number of rotatable bonds is 1. The van der Waals surface area contributed by atoms with Crippen molar-refractivity contribution in [2.75, 3.05) is 19.6 Å². The molecule has 0 aromatic carbocycles. The quantitative estimate of drug-likeness (QED) is 0.638. The summed E-state index contributed by atoms with van der Waals surface area (Å²) in [4.78, 5) is 11.2. The Balaban J connectivity index is 2.17. The van der Waals surface area contributed by atoms with E-state index in [1.165, 1.54) is 11.4 Å². The molecule has 0 spiro atoms. The van der Waals surface area contributed by atoms with Crippen LogP contribution in [0.4, 0.5) is 0 Å². The van der Waals surface area contributed by atoms with Crippen LogP contribution in [0.15, 0.2) is 12.4 Å². The number of nitrogens with zero attached hydrogens (tertiary/aromatic N) is 3. The molecule has 3 nitrogen and oxygen atoms in total. The third kappa shape index (κ3) is 1.86. The lowest BCUT2D eigenvalue weighted by Crippen LogP contribution is -2.25. The first-order valence-corrected chi connectivity index (χ1v) is 4.91. The van der Waals surface area contributed by atoms with Gasteiger partial charge in [0, 0.05) is 38.3 Å². The van der Waals surface area contributed by atoms with Gasteiger partial charge in [0.05, 0.1) is 11.4 Å². The Morgan fingerprint density at radius 1 is 1.15 bits per heavy atom. The molecule has 0 aliphatic carbocycles. The fourth-order valence-corrected chi connectivity index (χ4v) is 1.77. The van der Waals surface area contributed by atoms with Crippen LogP contribution in [-0.2, 0) is 12.8 Å². The fourth-order valence-electron chi connectivity index (χ4n) is 1.77. The Morgan fingerprint density at radius 2 is 1.69 bits per heavy atom. The maximum absolute atomic E-state index is 4.36. The van der Waals surface area contributed by atoms with Gasteiger partial charge in [0.1, 0.15) is 0 Å². The van der Waals surface area contributed by atoms with Crippen LogP contribution >= 0.6 is 0 Å². The van der Waals surface area contributed by atoms with Crippen molar-refractivity contribution in [3.63, 3.8) is 0 Å². The molecule has 13 heavy (non-hydrogen) atoms. The second-order valence-corrected chi connectivity index (χ2v) is 3.38. The van der Waals surface area contributed by atoms with Gasteiger partial charge in [0.15, 0.2) is 0 Å². The monoisotopic (exact) mass is 177 g/mol. The topological polar surface area (TPSA) is 29.0 Å². The van der Waals surface area contributed by atoms with Crippen LogP contribution in [0, 0.1) is 0 Å². The van der Waals surface area contributed by atoms with Crippen molar-refractivity contribution in [2.45, 2.75) is 19.8 Å². The molecule has 0 radical (unpaired) electrons. The molecule has 0 fully saturated rings. The summed E-state index contributed by atoms with van der Waals surface area (Å²) >= 11 is 0. The van der Waals surface area contributed by atoms with Gasteiger partial charge in [-0.2, -0.15) is 0 Å². The summed E-state index contributed by atoms with van der Waals surface area (Å²) in [5, 5.41) is 0. The Kier molecular flexibility index (Phi) is 2.54. The summed E-state index contributed by atoms with van der Waals surface area (Å²) in [6.07, 6.45) is 5.69. The normalized spacial score (nSPS) is 17.9. The van der Waals surface area contributed by atoms with Crippen LogP contribution in [-0.4, -0.2) is 34.5 Å². The molecule has 70 valence electrons. The summed E-state index contributed by atoms with van der Waals surface area (Å²) in [7, 11) is 0. The summed E-state index contributed by atoms with van der Waals surface area (Å²) in [6, 6.07) is 0. The van der Waals surface area contributed by atoms with E-state index in [-0.39, 0.29) is 0 Å². The molecule has 0 N–H and O–H groups in total. The van der Waals surface area contributed by atoms with Gasteiger partial charge in [-0.3, -0.25) is 9.97 Å². The average molecular weight is 177 g/mol. The molecule has 0 atom stereocenters. The van der Waals surface area contributed by atoms with E-state index in [2.05, 4.69) is 21.8 Å². The van der Waals surface area contributed by atoms with E-state index in [4.69, 9.17) is 0 Å². The largest absolute Gasteiger partial charge is 0.303 e. The molecular formula is C10H15N3. The predicted octanol–water partition coefficient (Wildman–Crippen LogP) is 0.897. The number of likely N-dealkylation sites (N-methyl/N-ethyl adjacent to an activating group) is 1. The van der Waals surface area contributed by atoms with Crippen molar-refractivity contribution in [1.82, 2.24) is 14.9 Å². The van der Waals surface area contributed by atoms with E-state index in [9.17, 15) is 0 Å². The third-order valence-electron chi connectivity index (χ3n) is 2.64. The lowest BCUT2D eigenvalue weighted by molar-refractivity contribution is 0.302. The van der Waals surface area contributed by atoms with Crippen molar-refractivity contribution in [1.29, 1.82) is 0 Å². The highest BCUT2D eigenvalue weighted by Gasteiger charge is 2.13. The van der Waals surface area contributed by atoms with Crippen LogP contribution < -0.4 is 0 Å². The van der Waals surface area contributed by atoms with Crippen molar-refractivity contribution in [3.8, 4) is 0 Å². The molecule has 2 rings (SSSR count). The number of hydrogen-bond donors (Lipinski definition) is 0. The van der Waals surface area contributed by atoms with Crippen LogP contribution in [0.5, 0.6) is 0 Å². The average Bonchev–Trinajstić information content (AvgIpc) is 2.39. The van der Waals surface area contributed by atoms with Gasteiger partial charge >= 0.3 is 0 Å². The smallest absolute Gasteiger partial charge is 0.0631 e. The molecule has 0 unspecified atom stereocenters. The van der Waals surface area contributed by atoms with Gasteiger partial charge in [-0.25, -0.2) is 0 Å². The highest BCUT2D eigenvalue weighted by Crippen LogP contribution is 2.09. The summed E-state index contributed by atoms with van der Waals surface area (Å²) in [6.45, 7) is 5.59. The van der Waals surface area contributed by atoms with Crippen molar-refractivity contribution in [2.24, 2.45) is 0 Å². The predicted molar refractivity (Wildman–Crippen MR) is 51.6 cm³/mol. The first kappa shape index (κ1) is 8.63. The van der Waals surface area contributed by atoms with Crippen molar-refractivity contribution < 1.29 is 0 Å². The molecule has 1 aliphatic heterocycles. The van der Waals surface area contributed by atoms with Gasteiger partial charge < -0.3 is 4.90 Å².